The second-order valence-corrected chi connectivity index (χ2v) is 8.57. The molecule has 34 heavy (non-hydrogen) atoms. The number of para-hydroxylation sites is 1. The fourth-order valence-corrected chi connectivity index (χ4v) is 4.51. The summed E-state index contributed by atoms with van der Waals surface area (Å²) in [7, 11) is 0. The van der Waals surface area contributed by atoms with E-state index in [4.69, 9.17) is 5.73 Å². The molecule has 0 saturated carbocycles. The first-order chi connectivity index (χ1) is 16.8. The van der Waals surface area contributed by atoms with E-state index < -0.39 is 0 Å². The summed E-state index contributed by atoms with van der Waals surface area (Å²) in [6.07, 6.45) is 1.65. The van der Waals surface area contributed by atoms with Crippen molar-refractivity contribution in [2.45, 2.75) is 13.1 Å². The van der Waals surface area contributed by atoms with E-state index in [1.54, 1.807) is 6.33 Å². The third-order valence-electron chi connectivity index (χ3n) is 6.27. The first-order valence-electron chi connectivity index (χ1n) is 11.8. The Morgan fingerprint density at radius 1 is 0.647 bits per heavy atom. The number of nitrogens with two attached hydrogens (primary N) is 1. The maximum atomic E-state index is 6.75. The van der Waals surface area contributed by atoms with Gasteiger partial charge in [-0.05, 0) is 23.3 Å². The number of aromatic nitrogens is 2. The molecule has 0 unspecified atom stereocenters. The van der Waals surface area contributed by atoms with Crippen LogP contribution in [0.1, 0.15) is 11.1 Å². The van der Waals surface area contributed by atoms with Crippen LogP contribution >= 0.6 is 0 Å². The highest BCUT2D eigenvalue weighted by Gasteiger charge is 2.23. The van der Waals surface area contributed by atoms with Crippen molar-refractivity contribution in [2.24, 2.45) is 0 Å². The van der Waals surface area contributed by atoms with Gasteiger partial charge in [-0.3, -0.25) is 0 Å². The van der Waals surface area contributed by atoms with Gasteiger partial charge >= 0.3 is 0 Å². The van der Waals surface area contributed by atoms with E-state index in [0.29, 0.717) is 5.69 Å². The Bertz CT molecular complexity index is 1130. The van der Waals surface area contributed by atoms with Crippen molar-refractivity contribution in [2.75, 3.05) is 46.6 Å². The molecule has 1 aromatic heterocycles. The van der Waals surface area contributed by atoms with Crippen LogP contribution < -0.4 is 20.4 Å². The van der Waals surface area contributed by atoms with Gasteiger partial charge in [0.25, 0.3) is 0 Å². The largest absolute Gasteiger partial charge is 0.393 e. The minimum Gasteiger partial charge on any atom is -0.393 e. The third kappa shape index (κ3) is 4.96. The van der Waals surface area contributed by atoms with Gasteiger partial charge in [-0.2, -0.15) is 0 Å². The van der Waals surface area contributed by atoms with Gasteiger partial charge in [0.15, 0.2) is 11.6 Å². The van der Waals surface area contributed by atoms with Gasteiger partial charge < -0.3 is 20.4 Å². The Labute approximate surface area is 201 Å². The van der Waals surface area contributed by atoms with Gasteiger partial charge in [-0.1, -0.05) is 78.9 Å². The molecule has 0 amide bonds. The first-order valence-corrected chi connectivity index (χ1v) is 11.8. The van der Waals surface area contributed by atoms with Crippen LogP contribution in [0.4, 0.5) is 23.0 Å². The number of piperazine rings is 1. The molecule has 0 radical (unpaired) electrons. The highest BCUT2D eigenvalue weighted by molar-refractivity contribution is 5.76. The van der Waals surface area contributed by atoms with Crippen LogP contribution in [0, 0.1) is 0 Å². The number of benzene rings is 3. The van der Waals surface area contributed by atoms with Crippen LogP contribution in [-0.2, 0) is 13.1 Å². The van der Waals surface area contributed by atoms with E-state index in [1.165, 1.54) is 16.8 Å². The van der Waals surface area contributed by atoms with E-state index in [2.05, 4.69) is 104 Å². The lowest BCUT2D eigenvalue weighted by molar-refractivity contribution is 0.647. The molecule has 0 spiro atoms. The molecule has 5 rings (SSSR count). The minimum absolute atomic E-state index is 0.641. The van der Waals surface area contributed by atoms with Gasteiger partial charge in [-0.15, -0.1) is 0 Å². The minimum atomic E-state index is 0.641. The Morgan fingerprint density at radius 3 is 1.71 bits per heavy atom. The Hall–Kier alpha value is -4.06. The van der Waals surface area contributed by atoms with Crippen LogP contribution in [0.2, 0.25) is 0 Å². The van der Waals surface area contributed by atoms with E-state index in [-0.39, 0.29) is 0 Å². The molecule has 172 valence electrons. The zero-order chi connectivity index (χ0) is 23.2. The molecule has 4 aromatic rings. The molecule has 0 bridgehead atoms. The smallest absolute Gasteiger partial charge is 0.158 e. The second kappa shape index (κ2) is 10.3. The molecule has 0 aliphatic carbocycles. The van der Waals surface area contributed by atoms with E-state index in [0.717, 1.165) is 50.9 Å². The molecule has 2 heterocycles. The van der Waals surface area contributed by atoms with E-state index >= 15 is 0 Å². The van der Waals surface area contributed by atoms with Crippen LogP contribution in [0.3, 0.4) is 0 Å². The third-order valence-corrected chi connectivity index (χ3v) is 6.27. The highest BCUT2D eigenvalue weighted by atomic mass is 15.3. The number of hydrogen-bond donors (Lipinski definition) is 1. The molecular weight excluding hydrogens is 420 g/mol. The molecule has 1 aliphatic rings. The molecule has 0 atom stereocenters. The van der Waals surface area contributed by atoms with Gasteiger partial charge in [0.1, 0.15) is 12.0 Å². The number of rotatable bonds is 7. The van der Waals surface area contributed by atoms with E-state index in [9.17, 15) is 0 Å². The summed E-state index contributed by atoms with van der Waals surface area (Å²) >= 11 is 0. The van der Waals surface area contributed by atoms with Crippen molar-refractivity contribution in [3.05, 3.63) is 108 Å². The van der Waals surface area contributed by atoms with Crippen molar-refractivity contribution >= 4 is 23.0 Å². The number of nitrogen functional groups attached to an aromatic ring is 1. The predicted molar refractivity (Wildman–Crippen MR) is 140 cm³/mol. The lowest BCUT2D eigenvalue weighted by Crippen LogP contribution is -2.47. The fourth-order valence-electron chi connectivity index (χ4n) is 4.51. The summed E-state index contributed by atoms with van der Waals surface area (Å²) < 4.78 is 0. The molecule has 1 aliphatic heterocycles. The topological polar surface area (TPSA) is 61.5 Å². The average Bonchev–Trinajstić information content (AvgIpc) is 2.90. The maximum Gasteiger partial charge on any atom is 0.158 e. The zero-order valence-electron chi connectivity index (χ0n) is 19.3. The van der Waals surface area contributed by atoms with Gasteiger partial charge in [0, 0.05) is 45.0 Å². The zero-order valence-corrected chi connectivity index (χ0v) is 19.3. The quantitative estimate of drug-likeness (QED) is 0.444. The summed E-state index contributed by atoms with van der Waals surface area (Å²) in [5.41, 5.74) is 11.1. The summed E-state index contributed by atoms with van der Waals surface area (Å²) in [6.45, 7) is 5.04. The number of nitrogens with zero attached hydrogens (tertiary/aromatic N) is 5. The van der Waals surface area contributed by atoms with Gasteiger partial charge in [0.05, 0.1) is 0 Å². The van der Waals surface area contributed by atoms with Crippen LogP contribution in [-0.4, -0.2) is 36.1 Å². The monoisotopic (exact) mass is 450 g/mol. The van der Waals surface area contributed by atoms with Crippen molar-refractivity contribution in [1.29, 1.82) is 0 Å². The summed E-state index contributed by atoms with van der Waals surface area (Å²) in [5.74, 6) is 1.60. The first kappa shape index (κ1) is 21.8. The Morgan fingerprint density at radius 2 is 1.15 bits per heavy atom. The van der Waals surface area contributed by atoms with Crippen LogP contribution in [0.25, 0.3) is 0 Å². The number of anilines is 4. The summed E-state index contributed by atoms with van der Waals surface area (Å²) in [5, 5.41) is 0. The molecular formula is C28H30N6. The molecule has 2 N–H and O–H groups in total. The summed E-state index contributed by atoms with van der Waals surface area (Å²) in [4.78, 5) is 16.2. The van der Waals surface area contributed by atoms with Crippen molar-refractivity contribution < 1.29 is 0 Å². The molecule has 1 saturated heterocycles. The molecule has 6 heteroatoms. The van der Waals surface area contributed by atoms with Crippen molar-refractivity contribution in [1.82, 2.24) is 9.97 Å². The van der Waals surface area contributed by atoms with Crippen LogP contribution in [0.5, 0.6) is 0 Å². The fraction of sp³-hybridized carbons (Fsp3) is 0.214. The van der Waals surface area contributed by atoms with E-state index in [1.807, 2.05) is 12.1 Å². The SMILES string of the molecule is Nc1c(N2CCN(c3ccccc3)CC2)ncnc1N(Cc1ccccc1)Cc1ccccc1. The van der Waals surface area contributed by atoms with Gasteiger partial charge in [-0.25, -0.2) is 9.97 Å². The Balaban J connectivity index is 1.38. The molecule has 3 aromatic carbocycles. The van der Waals surface area contributed by atoms with Crippen molar-refractivity contribution in [3.63, 3.8) is 0 Å². The normalized spacial score (nSPS) is 13.6. The average molecular weight is 451 g/mol. The predicted octanol–water partition coefficient (Wildman–Crippen LogP) is 4.59. The second-order valence-electron chi connectivity index (χ2n) is 8.57. The lowest BCUT2D eigenvalue weighted by atomic mass is 10.1. The Kier molecular flexibility index (Phi) is 6.56. The standard InChI is InChI=1S/C28H30N6/c29-26-27(33-18-16-32(17-19-33)25-14-8-3-9-15-25)30-22-31-28(26)34(20-23-10-4-1-5-11-23)21-24-12-6-2-7-13-24/h1-15,22H,16-21,29H2. The highest BCUT2D eigenvalue weighted by Crippen LogP contribution is 2.32. The lowest BCUT2D eigenvalue weighted by Gasteiger charge is -2.37. The van der Waals surface area contributed by atoms with Crippen molar-refractivity contribution in [3.8, 4) is 0 Å². The summed E-state index contributed by atoms with van der Waals surface area (Å²) in [6, 6.07) is 31.5. The maximum absolute atomic E-state index is 6.75. The molecule has 1 fully saturated rings. The number of hydrogen-bond acceptors (Lipinski definition) is 6. The van der Waals surface area contributed by atoms with Crippen LogP contribution in [0.15, 0.2) is 97.3 Å². The van der Waals surface area contributed by atoms with Gasteiger partial charge in [0.2, 0.25) is 0 Å². The molecule has 6 nitrogen and oxygen atoms in total.